The Bertz CT molecular complexity index is 1660. The summed E-state index contributed by atoms with van der Waals surface area (Å²) in [6.07, 6.45) is 3.38. The molecular weight excluding hydrogens is 550 g/mol. The van der Waals surface area contributed by atoms with Crippen LogP contribution in [0.5, 0.6) is 5.75 Å². The fourth-order valence-corrected chi connectivity index (χ4v) is 4.90. The van der Waals surface area contributed by atoms with Crippen molar-refractivity contribution in [1.29, 1.82) is 5.26 Å². The minimum atomic E-state index is -1.50. The first-order valence-electron chi connectivity index (χ1n) is 13.4. The van der Waals surface area contributed by atoms with Crippen LogP contribution in [0.4, 0.5) is 13.6 Å². The molecule has 5 rings (SSSR count). The van der Waals surface area contributed by atoms with Crippen LogP contribution in [-0.4, -0.2) is 71.0 Å². The van der Waals surface area contributed by atoms with Crippen LogP contribution in [0.15, 0.2) is 30.7 Å². The third kappa shape index (κ3) is 5.87. The lowest BCUT2D eigenvalue weighted by Crippen LogP contribution is -2.42. The van der Waals surface area contributed by atoms with E-state index < -0.39 is 29.9 Å². The first-order chi connectivity index (χ1) is 19.9. The van der Waals surface area contributed by atoms with E-state index in [4.69, 9.17) is 9.47 Å². The van der Waals surface area contributed by atoms with Crippen molar-refractivity contribution in [2.75, 3.05) is 19.7 Å². The second-order valence-electron chi connectivity index (χ2n) is 11.1. The Morgan fingerprint density at radius 3 is 2.64 bits per heavy atom. The van der Waals surface area contributed by atoms with E-state index in [2.05, 4.69) is 26.5 Å². The zero-order valence-corrected chi connectivity index (χ0v) is 23.6. The standard InChI is InChI=1S/C28H30F2N8O4/c1-16-24(34-35-38(16)20-5-7-36(8-6-20)27(40)42-28(2,3)4)17-9-23(26-18(11-31)12-33-37(26)14-17)41-15-22(39)25-21(30)10-19(29)13-32-25/h9-10,12-14,20,22,39H,5-8,15H2,1-4H3. The van der Waals surface area contributed by atoms with Gasteiger partial charge in [0.1, 0.15) is 64.2 Å². The number of amides is 1. The molecule has 1 fully saturated rings. The Morgan fingerprint density at radius 1 is 1.24 bits per heavy atom. The topological polar surface area (TPSA) is 144 Å². The highest BCUT2D eigenvalue weighted by atomic mass is 19.1. The molecular formula is C28H30F2N8O4. The first kappa shape index (κ1) is 28.9. The third-order valence-electron chi connectivity index (χ3n) is 6.91. The summed E-state index contributed by atoms with van der Waals surface area (Å²) in [7, 11) is 0. The smallest absolute Gasteiger partial charge is 0.410 e. The van der Waals surface area contributed by atoms with Gasteiger partial charge in [0, 0.05) is 30.9 Å². The molecule has 42 heavy (non-hydrogen) atoms. The highest BCUT2D eigenvalue weighted by molar-refractivity contribution is 5.74. The van der Waals surface area contributed by atoms with E-state index in [9.17, 15) is 23.9 Å². The molecule has 0 aromatic carbocycles. The summed E-state index contributed by atoms with van der Waals surface area (Å²) in [5, 5.41) is 33.1. The van der Waals surface area contributed by atoms with E-state index in [-0.39, 0.29) is 29.1 Å². The van der Waals surface area contributed by atoms with E-state index in [0.29, 0.717) is 48.8 Å². The average molecular weight is 581 g/mol. The van der Waals surface area contributed by atoms with Crippen LogP contribution < -0.4 is 4.74 Å². The number of aromatic nitrogens is 6. The Kier molecular flexibility index (Phi) is 7.79. The van der Waals surface area contributed by atoms with E-state index in [1.807, 2.05) is 32.4 Å². The van der Waals surface area contributed by atoms with Crippen LogP contribution in [0, 0.1) is 29.9 Å². The van der Waals surface area contributed by atoms with Gasteiger partial charge in [-0.3, -0.25) is 4.98 Å². The zero-order chi connectivity index (χ0) is 30.2. The molecule has 0 radical (unpaired) electrons. The molecule has 1 atom stereocenters. The second kappa shape index (κ2) is 11.3. The van der Waals surface area contributed by atoms with Gasteiger partial charge in [-0.25, -0.2) is 22.8 Å². The number of ether oxygens (including phenoxy) is 2. The van der Waals surface area contributed by atoms with Crippen LogP contribution in [0.3, 0.4) is 0 Å². The minimum Gasteiger partial charge on any atom is -0.488 e. The number of nitriles is 1. The largest absolute Gasteiger partial charge is 0.488 e. The lowest BCUT2D eigenvalue weighted by atomic mass is 10.0. The Morgan fingerprint density at radius 2 is 1.98 bits per heavy atom. The molecule has 1 aliphatic heterocycles. The fourth-order valence-electron chi connectivity index (χ4n) is 4.90. The minimum absolute atomic E-state index is 0.0209. The quantitative estimate of drug-likeness (QED) is 0.356. The van der Waals surface area contributed by atoms with Crippen LogP contribution in [0.1, 0.15) is 62.7 Å². The van der Waals surface area contributed by atoms with Gasteiger partial charge < -0.3 is 19.5 Å². The predicted molar refractivity (Wildman–Crippen MR) is 144 cm³/mol. The van der Waals surface area contributed by atoms with Crippen molar-refractivity contribution in [1.82, 2.24) is 34.5 Å². The van der Waals surface area contributed by atoms with Crippen LogP contribution >= 0.6 is 0 Å². The molecule has 4 aromatic rings. The van der Waals surface area contributed by atoms with Crippen molar-refractivity contribution >= 4 is 11.6 Å². The lowest BCUT2D eigenvalue weighted by Gasteiger charge is -2.33. The highest BCUT2D eigenvalue weighted by Crippen LogP contribution is 2.33. The molecule has 0 saturated carbocycles. The van der Waals surface area contributed by atoms with Crippen molar-refractivity contribution in [3.63, 3.8) is 0 Å². The fraction of sp³-hybridized carbons (Fsp3) is 0.429. The molecule has 0 aliphatic carbocycles. The number of pyridine rings is 2. The first-order valence-corrected chi connectivity index (χ1v) is 13.4. The molecule has 1 unspecified atom stereocenters. The zero-order valence-electron chi connectivity index (χ0n) is 23.6. The molecule has 220 valence electrons. The van der Waals surface area contributed by atoms with Gasteiger partial charge in [-0.05, 0) is 46.6 Å². The number of nitrogens with zero attached hydrogens (tertiary/aromatic N) is 8. The van der Waals surface area contributed by atoms with Gasteiger partial charge in [0.05, 0.1) is 24.1 Å². The summed E-state index contributed by atoms with van der Waals surface area (Å²) >= 11 is 0. The van der Waals surface area contributed by atoms with Crippen molar-refractivity contribution < 1.29 is 28.2 Å². The van der Waals surface area contributed by atoms with Crippen LogP contribution in [0.2, 0.25) is 0 Å². The number of carbonyl (C=O) groups is 1. The molecule has 1 aliphatic rings. The van der Waals surface area contributed by atoms with Crippen molar-refractivity contribution in [2.24, 2.45) is 0 Å². The average Bonchev–Trinajstić information content (AvgIpc) is 3.53. The number of carbonyl (C=O) groups excluding carboxylic acids is 1. The van der Waals surface area contributed by atoms with E-state index >= 15 is 0 Å². The summed E-state index contributed by atoms with van der Waals surface area (Å²) in [4.78, 5) is 17.8. The van der Waals surface area contributed by atoms with E-state index in [1.165, 1.54) is 10.7 Å². The summed E-state index contributed by atoms with van der Waals surface area (Å²) < 4.78 is 42.0. The molecule has 14 heteroatoms. The number of rotatable bonds is 6. The molecule has 0 spiro atoms. The van der Waals surface area contributed by atoms with Crippen LogP contribution in [0.25, 0.3) is 16.8 Å². The Labute approximate surface area is 240 Å². The highest BCUT2D eigenvalue weighted by Gasteiger charge is 2.29. The monoisotopic (exact) mass is 580 g/mol. The molecule has 0 bridgehead atoms. The van der Waals surface area contributed by atoms with Gasteiger partial charge in [0.15, 0.2) is 0 Å². The number of piperidine rings is 1. The molecule has 5 heterocycles. The summed E-state index contributed by atoms with van der Waals surface area (Å²) in [5.74, 6) is -1.67. The maximum absolute atomic E-state index is 14.1. The molecule has 1 saturated heterocycles. The van der Waals surface area contributed by atoms with E-state index in [0.717, 1.165) is 11.9 Å². The van der Waals surface area contributed by atoms with Crippen molar-refractivity contribution in [2.45, 2.75) is 58.3 Å². The number of halogens is 2. The predicted octanol–water partition coefficient (Wildman–Crippen LogP) is 4.13. The number of aliphatic hydroxyl groups is 1. The number of likely N-dealkylation sites (tertiary alicyclic amines) is 1. The number of aliphatic hydroxyl groups excluding tert-OH is 1. The molecule has 1 amide bonds. The van der Waals surface area contributed by atoms with E-state index in [1.54, 1.807) is 17.2 Å². The maximum atomic E-state index is 14.1. The van der Waals surface area contributed by atoms with Gasteiger partial charge in [0.2, 0.25) is 0 Å². The lowest BCUT2D eigenvalue weighted by molar-refractivity contribution is 0.0183. The number of fused-ring (bicyclic) bond motifs is 1. The molecule has 4 aromatic heterocycles. The molecule has 12 nitrogen and oxygen atoms in total. The van der Waals surface area contributed by atoms with Crippen molar-refractivity contribution in [3.05, 3.63) is 59.3 Å². The van der Waals surface area contributed by atoms with Gasteiger partial charge in [0.25, 0.3) is 0 Å². The molecule has 1 N–H and O–H groups in total. The Hall–Kier alpha value is -4.64. The SMILES string of the molecule is Cc1c(-c2cc(OCC(O)c3ncc(F)cc3F)c3c(C#N)cnn3c2)nnn1C1CCN(C(=O)OC(C)(C)C)CC1. The van der Waals surface area contributed by atoms with Gasteiger partial charge in [-0.1, -0.05) is 5.21 Å². The second-order valence-corrected chi connectivity index (χ2v) is 11.1. The summed E-state index contributed by atoms with van der Waals surface area (Å²) in [5.41, 5.74) is 1.56. The van der Waals surface area contributed by atoms with Crippen LogP contribution in [-0.2, 0) is 4.74 Å². The Balaban J connectivity index is 1.38. The maximum Gasteiger partial charge on any atom is 0.410 e. The van der Waals surface area contributed by atoms with Gasteiger partial charge >= 0.3 is 6.09 Å². The van der Waals surface area contributed by atoms with Crippen molar-refractivity contribution in [3.8, 4) is 23.1 Å². The number of hydrogen-bond acceptors (Lipinski definition) is 9. The third-order valence-corrected chi connectivity index (χ3v) is 6.91. The van der Waals surface area contributed by atoms with Gasteiger partial charge in [-0.2, -0.15) is 10.4 Å². The normalized spacial score (nSPS) is 15.0. The summed E-state index contributed by atoms with van der Waals surface area (Å²) in [6, 6.07) is 4.35. The van der Waals surface area contributed by atoms with Gasteiger partial charge in [-0.15, -0.1) is 5.10 Å². The number of hydrogen-bond donors (Lipinski definition) is 1. The summed E-state index contributed by atoms with van der Waals surface area (Å²) in [6.45, 7) is 8.01.